The number of carbonyl (C=O) groups excluding carboxylic acids is 2. The number of aliphatic hydroxyl groups is 2. The minimum Gasteiger partial charge on any atom is -0.547 e. The third kappa shape index (κ3) is 36.9. The Balaban J connectivity index is -0.0000000250. The maximum Gasteiger partial charge on any atom is 0.0905 e. The molecule has 100 valence electrons. The molecule has 0 fully saturated rings. The van der Waals surface area contributed by atoms with Gasteiger partial charge in [0.1, 0.15) is 0 Å². The Kier molecular flexibility index (Phi) is 46.1. The second-order valence-corrected chi connectivity index (χ2v) is 1.99. The molecule has 16 heavy (non-hydrogen) atoms. The normalized spacial score (nSPS) is 10.2. The summed E-state index contributed by atoms with van der Waals surface area (Å²) in [5.41, 5.74) is 0. The van der Waals surface area contributed by atoms with Gasteiger partial charge in [-0.2, -0.15) is 0 Å². The third-order valence-corrected chi connectivity index (χ3v) is 0.682. The first kappa shape index (κ1) is 36.0. The Bertz CT molecular complexity index is 145. The molecule has 0 heterocycles. The molecule has 10 heteroatoms. The summed E-state index contributed by atoms with van der Waals surface area (Å²) in [6, 6.07) is 0. The predicted octanol–water partition coefficient (Wildman–Crippen LogP) is -5.04. The fourth-order valence-corrected chi connectivity index (χ4v) is 0. The number of carbonyl (C=O) groups is 2. The van der Waals surface area contributed by atoms with Crippen molar-refractivity contribution in [1.82, 2.24) is 6.15 Å². The van der Waals surface area contributed by atoms with Crippen molar-refractivity contribution < 1.29 is 82.7 Å². The number of rotatable bonds is 2. The molecule has 10 N–H and O–H groups in total. The summed E-state index contributed by atoms with van der Waals surface area (Å²) in [4.78, 5) is 18.7. The van der Waals surface area contributed by atoms with Gasteiger partial charge in [-0.05, 0) is 13.8 Å². The largest absolute Gasteiger partial charge is 0.547 e. The van der Waals surface area contributed by atoms with E-state index in [-0.39, 0.29) is 58.9 Å². The zero-order valence-electron chi connectivity index (χ0n) is 9.18. The predicted molar refractivity (Wildman–Crippen MR) is 46.6 cm³/mol. The molecule has 0 aliphatic rings. The molecule has 9 nitrogen and oxygen atoms in total. The van der Waals surface area contributed by atoms with Crippen LogP contribution in [0.2, 0.25) is 0 Å². The van der Waals surface area contributed by atoms with Gasteiger partial charge < -0.3 is 47.1 Å². The minimum absolute atomic E-state index is 0. The summed E-state index contributed by atoms with van der Waals surface area (Å²) < 4.78 is 0. The Morgan fingerprint density at radius 2 is 1.00 bits per heavy atom. The second-order valence-electron chi connectivity index (χ2n) is 1.99. The van der Waals surface area contributed by atoms with Crippen molar-refractivity contribution >= 4 is 11.9 Å². The van der Waals surface area contributed by atoms with Crippen LogP contribution in [0, 0.1) is 41.7 Å². The van der Waals surface area contributed by atoms with Gasteiger partial charge in [0.25, 0.3) is 0 Å². The smallest absolute Gasteiger partial charge is 0.0905 e. The molecule has 0 aliphatic heterocycles. The number of hydrogen-bond acceptors (Lipinski definition) is 6. The van der Waals surface area contributed by atoms with Crippen LogP contribution in [0.25, 0.3) is 0 Å². The zero-order chi connectivity index (χ0) is 10.3. The van der Waals surface area contributed by atoms with Crippen LogP contribution in [-0.4, -0.2) is 45.3 Å². The summed E-state index contributed by atoms with van der Waals surface area (Å²) in [6.45, 7) is 2.27. The van der Waals surface area contributed by atoms with E-state index in [2.05, 4.69) is 0 Å². The van der Waals surface area contributed by atoms with Gasteiger partial charge in [0.05, 0.1) is 24.1 Å². The van der Waals surface area contributed by atoms with Crippen LogP contribution in [0.5, 0.6) is 0 Å². The first-order chi connectivity index (χ1) is 5.29. The fourth-order valence-electron chi connectivity index (χ4n) is 0. The SMILES string of the molecule is CC(O)C(=O)[O-].CC(O)C(=O)[O-].O.O.[Ce].[NH4+]. The quantitative estimate of drug-likeness (QED) is 0.430. The van der Waals surface area contributed by atoms with Crippen LogP contribution in [-0.2, 0) is 9.59 Å². The van der Waals surface area contributed by atoms with Gasteiger partial charge in [-0.25, -0.2) is 0 Å². The molecule has 0 spiro atoms. The maximum atomic E-state index is 9.34. The van der Waals surface area contributed by atoms with Gasteiger partial charge in [-0.15, -0.1) is 0 Å². The molecule has 0 rings (SSSR count). The molecule has 0 saturated heterocycles. The third-order valence-electron chi connectivity index (χ3n) is 0.682. The molecule has 0 aromatic rings. The van der Waals surface area contributed by atoms with Gasteiger partial charge in [0.2, 0.25) is 0 Å². The molecular formula is C6H18CeNO8-. The first-order valence-corrected chi connectivity index (χ1v) is 3.06. The molecule has 2 unspecified atom stereocenters. The van der Waals surface area contributed by atoms with Gasteiger partial charge in [-0.1, -0.05) is 0 Å². The number of aliphatic hydroxyl groups excluding tert-OH is 2. The van der Waals surface area contributed by atoms with Crippen LogP contribution < -0.4 is 16.4 Å². The molecule has 2 atom stereocenters. The van der Waals surface area contributed by atoms with Gasteiger partial charge in [0, 0.05) is 41.7 Å². The molecule has 0 bridgehead atoms. The topological polar surface area (TPSA) is 220 Å². The van der Waals surface area contributed by atoms with E-state index < -0.39 is 24.1 Å². The Morgan fingerprint density at radius 3 is 1.00 bits per heavy atom. The zero-order valence-corrected chi connectivity index (χ0v) is 12.3. The van der Waals surface area contributed by atoms with Crippen LogP contribution in [0.3, 0.4) is 0 Å². The van der Waals surface area contributed by atoms with Crippen molar-refractivity contribution in [3.8, 4) is 0 Å². The van der Waals surface area contributed by atoms with E-state index in [1.165, 1.54) is 0 Å². The van der Waals surface area contributed by atoms with E-state index >= 15 is 0 Å². The number of carboxylic acid groups (broad SMARTS) is 2. The molecule has 0 aromatic carbocycles. The van der Waals surface area contributed by atoms with Crippen molar-refractivity contribution in [1.29, 1.82) is 0 Å². The average molecular weight is 372 g/mol. The standard InChI is InChI=1S/2C3H6O3.Ce.H3N.2H2O/c2*1-2(4)3(5)6;;;;/h2*2,4H,1H3,(H,5,6);;1H3;2*1H2/p-1. The Morgan fingerprint density at radius 1 is 0.938 bits per heavy atom. The van der Waals surface area contributed by atoms with Crippen LogP contribution in [0.1, 0.15) is 13.8 Å². The maximum absolute atomic E-state index is 9.34. The van der Waals surface area contributed by atoms with Crippen molar-refractivity contribution in [3.63, 3.8) is 0 Å². The number of aliphatic carboxylic acids is 2. The summed E-state index contributed by atoms with van der Waals surface area (Å²) >= 11 is 0. The Labute approximate surface area is 126 Å². The van der Waals surface area contributed by atoms with E-state index in [4.69, 9.17) is 10.2 Å². The summed E-state index contributed by atoms with van der Waals surface area (Å²) in [7, 11) is 0. The van der Waals surface area contributed by atoms with Crippen LogP contribution >= 0.6 is 0 Å². The van der Waals surface area contributed by atoms with Crippen molar-refractivity contribution in [2.45, 2.75) is 26.1 Å². The van der Waals surface area contributed by atoms with E-state index in [1.54, 1.807) is 0 Å². The van der Waals surface area contributed by atoms with Crippen LogP contribution in [0.4, 0.5) is 0 Å². The van der Waals surface area contributed by atoms with Crippen molar-refractivity contribution in [2.24, 2.45) is 0 Å². The minimum atomic E-state index is -1.44. The molecule has 0 amide bonds. The van der Waals surface area contributed by atoms with E-state index in [0.29, 0.717) is 0 Å². The monoisotopic (exact) mass is 372 g/mol. The van der Waals surface area contributed by atoms with E-state index in [1.807, 2.05) is 0 Å². The van der Waals surface area contributed by atoms with Crippen molar-refractivity contribution in [3.05, 3.63) is 0 Å². The summed E-state index contributed by atoms with van der Waals surface area (Å²) in [5, 5.41) is 34.6. The molecule has 0 radical (unpaired) electrons. The van der Waals surface area contributed by atoms with E-state index in [9.17, 15) is 19.8 Å². The van der Waals surface area contributed by atoms with Gasteiger partial charge in [0.15, 0.2) is 0 Å². The molecule has 0 aromatic heterocycles. The van der Waals surface area contributed by atoms with Crippen molar-refractivity contribution in [2.75, 3.05) is 0 Å². The molecule has 0 aliphatic carbocycles. The summed E-state index contributed by atoms with van der Waals surface area (Å²) in [6.07, 6.45) is -2.69. The number of quaternary nitrogens is 1. The average Bonchev–Trinajstić information content (AvgIpc) is 1.88. The fraction of sp³-hybridized carbons (Fsp3) is 0.667. The first-order valence-electron chi connectivity index (χ1n) is 3.06. The number of carboxylic acids is 2. The molecule has 0 saturated carbocycles. The second kappa shape index (κ2) is 20.5. The number of hydrogen-bond donors (Lipinski definition) is 3. The van der Waals surface area contributed by atoms with E-state index in [0.717, 1.165) is 13.8 Å². The molecular weight excluding hydrogens is 354 g/mol. The van der Waals surface area contributed by atoms with Gasteiger partial charge in [-0.3, -0.25) is 0 Å². The van der Waals surface area contributed by atoms with Gasteiger partial charge >= 0.3 is 0 Å². The Hall–Kier alpha value is 0.117. The summed E-state index contributed by atoms with van der Waals surface area (Å²) in [5.74, 6) is -2.87. The van der Waals surface area contributed by atoms with Crippen LogP contribution in [0.15, 0.2) is 0 Å².